The third-order valence-electron chi connectivity index (χ3n) is 4.96. The molecule has 3 aromatic carbocycles. The van der Waals surface area contributed by atoms with Gasteiger partial charge in [0.25, 0.3) is 11.6 Å². The number of thioether (sulfide) groups is 1. The number of thiocarbonyl (C=S) groups is 1. The zero-order chi connectivity index (χ0) is 25.8. The van der Waals surface area contributed by atoms with Gasteiger partial charge in [0.05, 0.1) is 33.1 Å². The van der Waals surface area contributed by atoms with Gasteiger partial charge >= 0.3 is 5.69 Å². The predicted molar refractivity (Wildman–Crippen MR) is 140 cm³/mol. The molecule has 3 aromatic rings. The standard InChI is InChI=1S/C24H17N3O7S2/c1-2-33-18-10-5-16(6-11-18)25-23(28)22(36-24(25)35)13-15-3-8-19(9-4-15)34-21-12-7-17(26(29)30)14-20(21)27(31)32/h3-14H,2H2,1H3/b22-13+. The predicted octanol–water partition coefficient (Wildman–Crippen LogP) is 6.10. The van der Waals surface area contributed by atoms with E-state index in [2.05, 4.69) is 0 Å². The van der Waals surface area contributed by atoms with Crippen molar-refractivity contribution in [2.24, 2.45) is 0 Å². The molecule has 0 saturated carbocycles. The van der Waals surface area contributed by atoms with Gasteiger partial charge in [-0.3, -0.25) is 29.9 Å². The number of rotatable bonds is 8. The molecule has 36 heavy (non-hydrogen) atoms. The molecule has 0 radical (unpaired) electrons. The molecular weight excluding hydrogens is 506 g/mol. The van der Waals surface area contributed by atoms with E-state index in [-0.39, 0.29) is 17.4 Å². The quantitative estimate of drug-likeness (QED) is 0.149. The fraction of sp³-hybridized carbons (Fsp3) is 0.0833. The molecule has 12 heteroatoms. The van der Waals surface area contributed by atoms with Crippen molar-refractivity contribution in [1.29, 1.82) is 0 Å². The summed E-state index contributed by atoms with van der Waals surface area (Å²) >= 11 is 6.59. The minimum atomic E-state index is -0.747. The minimum Gasteiger partial charge on any atom is -0.494 e. The van der Waals surface area contributed by atoms with Gasteiger partial charge in [-0.2, -0.15) is 0 Å². The summed E-state index contributed by atoms with van der Waals surface area (Å²) in [4.78, 5) is 35.6. The van der Waals surface area contributed by atoms with Crippen molar-refractivity contribution >= 4 is 57.3 Å². The number of carbonyl (C=O) groups is 1. The van der Waals surface area contributed by atoms with Crippen molar-refractivity contribution in [3.8, 4) is 17.2 Å². The number of anilines is 1. The molecule has 0 aromatic heterocycles. The van der Waals surface area contributed by atoms with Gasteiger partial charge in [-0.05, 0) is 61.0 Å². The van der Waals surface area contributed by atoms with E-state index in [1.165, 1.54) is 22.7 Å². The molecule has 0 aliphatic carbocycles. The van der Waals surface area contributed by atoms with Crippen LogP contribution in [0, 0.1) is 20.2 Å². The number of nitro groups is 2. The van der Waals surface area contributed by atoms with Crippen LogP contribution in [-0.2, 0) is 4.79 Å². The number of hydrogen-bond acceptors (Lipinski definition) is 9. The fourth-order valence-corrected chi connectivity index (χ4v) is 4.61. The topological polar surface area (TPSA) is 125 Å². The summed E-state index contributed by atoms with van der Waals surface area (Å²) in [5.74, 6) is 0.597. The van der Waals surface area contributed by atoms with Crippen LogP contribution >= 0.6 is 24.0 Å². The summed E-state index contributed by atoms with van der Waals surface area (Å²) in [5, 5.41) is 22.2. The third-order valence-corrected chi connectivity index (χ3v) is 6.26. The van der Waals surface area contributed by atoms with Gasteiger partial charge in [-0.1, -0.05) is 36.1 Å². The van der Waals surface area contributed by atoms with E-state index in [0.717, 1.165) is 12.1 Å². The van der Waals surface area contributed by atoms with E-state index in [9.17, 15) is 25.0 Å². The van der Waals surface area contributed by atoms with Gasteiger partial charge in [0.2, 0.25) is 5.75 Å². The lowest BCUT2D eigenvalue weighted by Crippen LogP contribution is -2.27. The van der Waals surface area contributed by atoms with Gasteiger partial charge < -0.3 is 9.47 Å². The van der Waals surface area contributed by atoms with Crippen LogP contribution in [-0.4, -0.2) is 26.7 Å². The molecule has 0 N–H and O–H groups in total. The highest BCUT2D eigenvalue weighted by Gasteiger charge is 2.33. The molecule has 1 aliphatic heterocycles. The van der Waals surface area contributed by atoms with Crippen molar-refractivity contribution in [3.05, 3.63) is 97.4 Å². The van der Waals surface area contributed by atoms with Gasteiger partial charge in [0.1, 0.15) is 11.5 Å². The molecular formula is C24H17N3O7S2. The van der Waals surface area contributed by atoms with Crippen LogP contribution in [0.4, 0.5) is 17.1 Å². The Morgan fingerprint density at radius 3 is 2.25 bits per heavy atom. The molecule has 4 rings (SSSR count). The molecule has 1 amide bonds. The number of ether oxygens (including phenoxy) is 2. The lowest BCUT2D eigenvalue weighted by atomic mass is 10.2. The number of nitrogens with zero attached hydrogens (tertiary/aromatic N) is 3. The second-order valence-corrected chi connectivity index (χ2v) is 8.96. The van der Waals surface area contributed by atoms with Crippen LogP contribution in [0.2, 0.25) is 0 Å². The van der Waals surface area contributed by atoms with E-state index < -0.39 is 21.2 Å². The molecule has 0 unspecified atom stereocenters. The van der Waals surface area contributed by atoms with Crippen LogP contribution in [0.25, 0.3) is 6.08 Å². The number of carbonyl (C=O) groups excluding carboxylic acids is 1. The van der Waals surface area contributed by atoms with Gasteiger partial charge in [-0.25, -0.2) is 0 Å². The first-order chi connectivity index (χ1) is 17.3. The minimum absolute atomic E-state index is 0.130. The summed E-state index contributed by atoms with van der Waals surface area (Å²) in [5.41, 5.74) is 0.392. The van der Waals surface area contributed by atoms with Crippen LogP contribution in [0.3, 0.4) is 0 Å². The fourth-order valence-electron chi connectivity index (χ4n) is 3.31. The maximum Gasteiger partial charge on any atom is 0.318 e. The van der Waals surface area contributed by atoms with Crippen LogP contribution in [0.15, 0.2) is 71.6 Å². The highest BCUT2D eigenvalue weighted by molar-refractivity contribution is 8.27. The summed E-state index contributed by atoms with van der Waals surface area (Å²) in [6.07, 6.45) is 1.69. The zero-order valence-corrected chi connectivity index (χ0v) is 20.3. The monoisotopic (exact) mass is 523 g/mol. The SMILES string of the molecule is CCOc1ccc(N2C(=O)/C(=C\c3ccc(Oc4ccc([N+](=O)[O-])cc4[N+](=O)[O-])cc3)SC2=S)cc1. The molecule has 10 nitrogen and oxygen atoms in total. The van der Waals surface area contributed by atoms with Crippen LogP contribution < -0.4 is 14.4 Å². The summed E-state index contributed by atoms with van der Waals surface area (Å²) in [6.45, 7) is 2.43. The molecule has 0 spiro atoms. The van der Waals surface area contributed by atoms with E-state index in [1.807, 2.05) is 6.92 Å². The van der Waals surface area contributed by atoms with Crippen molar-refractivity contribution in [2.75, 3.05) is 11.5 Å². The maximum atomic E-state index is 13.0. The van der Waals surface area contributed by atoms with E-state index >= 15 is 0 Å². The number of benzene rings is 3. The van der Waals surface area contributed by atoms with E-state index in [4.69, 9.17) is 21.7 Å². The Hall–Kier alpha value is -4.29. The van der Waals surface area contributed by atoms with E-state index in [0.29, 0.717) is 32.8 Å². The second-order valence-electron chi connectivity index (χ2n) is 7.28. The Labute approximate surface area is 214 Å². The summed E-state index contributed by atoms with van der Waals surface area (Å²) in [7, 11) is 0. The normalized spacial score (nSPS) is 14.2. The van der Waals surface area contributed by atoms with Crippen molar-refractivity contribution in [1.82, 2.24) is 0 Å². The molecule has 1 fully saturated rings. The Morgan fingerprint density at radius 2 is 1.64 bits per heavy atom. The van der Waals surface area contributed by atoms with Crippen molar-refractivity contribution < 1.29 is 24.1 Å². The smallest absolute Gasteiger partial charge is 0.318 e. The molecule has 0 atom stereocenters. The second kappa shape index (κ2) is 10.5. The van der Waals surface area contributed by atoms with Crippen molar-refractivity contribution in [3.63, 3.8) is 0 Å². The maximum absolute atomic E-state index is 13.0. The molecule has 1 saturated heterocycles. The number of hydrogen-bond donors (Lipinski definition) is 0. The van der Waals surface area contributed by atoms with Crippen LogP contribution in [0.1, 0.15) is 12.5 Å². The molecule has 182 valence electrons. The number of nitro benzene ring substituents is 2. The van der Waals surface area contributed by atoms with Gasteiger partial charge in [0.15, 0.2) is 4.32 Å². The first-order valence-corrected chi connectivity index (χ1v) is 11.7. The number of non-ortho nitro benzene ring substituents is 1. The van der Waals surface area contributed by atoms with Gasteiger partial charge in [0, 0.05) is 6.07 Å². The summed E-state index contributed by atoms with van der Waals surface area (Å²) in [6, 6.07) is 16.7. The average Bonchev–Trinajstić information content (AvgIpc) is 3.13. The molecule has 1 heterocycles. The first-order valence-electron chi connectivity index (χ1n) is 10.5. The first kappa shape index (κ1) is 24.8. The number of amides is 1. The Morgan fingerprint density at radius 1 is 0.972 bits per heavy atom. The average molecular weight is 524 g/mol. The Balaban J connectivity index is 1.50. The van der Waals surface area contributed by atoms with Crippen molar-refractivity contribution in [2.45, 2.75) is 6.92 Å². The largest absolute Gasteiger partial charge is 0.494 e. The lowest BCUT2D eigenvalue weighted by molar-refractivity contribution is -0.394. The molecule has 0 bridgehead atoms. The Bertz CT molecular complexity index is 1390. The van der Waals surface area contributed by atoms with Gasteiger partial charge in [-0.15, -0.1) is 0 Å². The highest BCUT2D eigenvalue weighted by atomic mass is 32.2. The lowest BCUT2D eigenvalue weighted by Gasteiger charge is -2.15. The third kappa shape index (κ3) is 5.34. The van der Waals surface area contributed by atoms with Crippen LogP contribution in [0.5, 0.6) is 17.2 Å². The zero-order valence-electron chi connectivity index (χ0n) is 18.7. The molecule has 1 aliphatic rings. The summed E-state index contributed by atoms with van der Waals surface area (Å²) < 4.78 is 11.4. The van der Waals surface area contributed by atoms with E-state index in [1.54, 1.807) is 54.6 Å². The Kier molecular flexibility index (Phi) is 7.27. The highest BCUT2D eigenvalue weighted by Crippen LogP contribution is 2.37.